The summed E-state index contributed by atoms with van der Waals surface area (Å²) in [5.74, 6) is 0. The zero-order valence-electron chi connectivity index (χ0n) is 38.1. The molecule has 0 aliphatic heterocycles. The number of nitrogens with zero attached hydrogens (tertiary/aromatic N) is 1. The van der Waals surface area contributed by atoms with Gasteiger partial charge in [-0.15, -0.1) is 0 Å². The second kappa shape index (κ2) is 21.8. The van der Waals surface area contributed by atoms with Gasteiger partial charge in [0.1, 0.15) is 0 Å². The van der Waals surface area contributed by atoms with Crippen molar-refractivity contribution in [2.45, 2.75) is 80.6 Å². The van der Waals surface area contributed by atoms with Crippen LogP contribution >= 0.6 is 0 Å². The molecule has 0 atom stereocenters. The molecule has 0 spiro atoms. The van der Waals surface area contributed by atoms with Gasteiger partial charge in [0, 0.05) is 5.71 Å². The fraction of sp³-hybridized carbons (Fsp3) is 0.197. The monoisotopic (exact) mass is 809 g/mol. The van der Waals surface area contributed by atoms with E-state index in [0.29, 0.717) is 0 Å². The smallest absolute Gasteiger partial charge is 0.0633 e. The van der Waals surface area contributed by atoms with Crippen molar-refractivity contribution in [2.75, 3.05) is 0 Å². The van der Waals surface area contributed by atoms with Gasteiger partial charge in [0.2, 0.25) is 0 Å². The summed E-state index contributed by atoms with van der Waals surface area (Å²) in [4.78, 5) is 4.57. The summed E-state index contributed by atoms with van der Waals surface area (Å²) in [7, 11) is 0. The van der Waals surface area contributed by atoms with E-state index in [0.717, 1.165) is 48.2 Å². The van der Waals surface area contributed by atoms with E-state index >= 15 is 0 Å². The summed E-state index contributed by atoms with van der Waals surface area (Å²) >= 11 is 0. The summed E-state index contributed by atoms with van der Waals surface area (Å²) in [6.45, 7) is 22.7. The normalized spacial score (nSPS) is 12.5. The van der Waals surface area contributed by atoms with Crippen LogP contribution in [-0.4, -0.2) is 5.71 Å². The molecule has 7 aromatic rings. The first-order valence-corrected chi connectivity index (χ1v) is 22.3. The van der Waals surface area contributed by atoms with Crippen LogP contribution in [0.3, 0.4) is 0 Å². The summed E-state index contributed by atoms with van der Waals surface area (Å²) < 4.78 is 0. The Kier molecular flexibility index (Phi) is 15.8. The molecule has 0 heterocycles. The van der Waals surface area contributed by atoms with E-state index in [1.54, 1.807) is 0 Å². The first kappa shape index (κ1) is 45.0. The summed E-state index contributed by atoms with van der Waals surface area (Å²) in [5.41, 5.74) is 21.4. The van der Waals surface area contributed by atoms with Gasteiger partial charge in [-0.3, -0.25) is 4.99 Å². The van der Waals surface area contributed by atoms with Crippen LogP contribution < -0.4 is 0 Å². The maximum atomic E-state index is 4.57. The van der Waals surface area contributed by atoms with E-state index in [9.17, 15) is 0 Å². The summed E-state index contributed by atoms with van der Waals surface area (Å²) in [6.07, 6.45) is 12.3. The molecule has 1 heteroatoms. The first-order chi connectivity index (χ1) is 30.1. The highest BCUT2D eigenvalue weighted by Gasteiger charge is 2.17. The van der Waals surface area contributed by atoms with Crippen molar-refractivity contribution in [1.29, 1.82) is 0 Å². The van der Waals surface area contributed by atoms with E-state index in [1.165, 1.54) is 89.5 Å². The highest BCUT2D eigenvalue weighted by Crippen LogP contribution is 2.39. The molecular weight excluding hydrogens is 747 g/mol. The van der Waals surface area contributed by atoms with E-state index in [-0.39, 0.29) is 0 Å². The van der Waals surface area contributed by atoms with Gasteiger partial charge in [-0.25, -0.2) is 0 Å². The quantitative estimate of drug-likeness (QED) is 0.148. The van der Waals surface area contributed by atoms with Crippen LogP contribution in [0.25, 0.3) is 55.4 Å². The number of allylic oxidation sites excluding steroid dienone is 5. The third kappa shape index (κ3) is 11.4. The lowest BCUT2D eigenvalue weighted by molar-refractivity contribution is 0.942. The molecule has 0 unspecified atom stereocenters. The minimum atomic E-state index is 0.822. The molecule has 62 heavy (non-hydrogen) atoms. The molecule has 0 amide bonds. The minimum absolute atomic E-state index is 0.822. The largest absolute Gasteiger partial charge is 0.253 e. The van der Waals surface area contributed by atoms with Gasteiger partial charge >= 0.3 is 0 Å². The average molecular weight is 810 g/mol. The van der Waals surface area contributed by atoms with Gasteiger partial charge in [0.15, 0.2) is 0 Å². The number of fused-ring (bicyclic) bond motifs is 4. The second-order valence-corrected chi connectivity index (χ2v) is 16.5. The van der Waals surface area contributed by atoms with E-state index < -0.39 is 0 Å². The third-order valence-electron chi connectivity index (χ3n) is 11.4. The van der Waals surface area contributed by atoms with Gasteiger partial charge < -0.3 is 0 Å². The van der Waals surface area contributed by atoms with Gasteiger partial charge in [0.05, 0.1) is 5.70 Å². The molecule has 1 nitrogen and oxygen atoms in total. The Balaban J connectivity index is 0.000000178. The Morgan fingerprint density at radius 3 is 1.87 bits per heavy atom. The van der Waals surface area contributed by atoms with E-state index in [4.69, 9.17) is 0 Å². The Morgan fingerprint density at radius 2 is 1.19 bits per heavy atom. The van der Waals surface area contributed by atoms with E-state index in [2.05, 4.69) is 192 Å². The average Bonchev–Trinajstić information content (AvgIpc) is 3.30. The summed E-state index contributed by atoms with van der Waals surface area (Å²) in [6, 6.07) is 54.5. The van der Waals surface area contributed by atoms with Crippen LogP contribution in [0.15, 0.2) is 194 Å². The molecule has 312 valence electrons. The number of rotatable bonds is 6. The van der Waals surface area contributed by atoms with Crippen molar-refractivity contribution in [1.82, 2.24) is 0 Å². The number of aliphatic imine (C=N–C) groups is 1. The highest BCUT2D eigenvalue weighted by molar-refractivity contribution is 6.03. The number of hydrogen-bond acceptors (Lipinski definition) is 1. The lowest BCUT2D eigenvalue weighted by Crippen LogP contribution is -2.03. The second-order valence-electron chi connectivity index (χ2n) is 16.5. The fourth-order valence-corrected chi connectivity index (χ4v) is 8.01. The molecule has 2 aliphatic rings. The Morgan fingerprint density at radius 1 is 0.565 bits per heavy atom. The van der Waals surface area contributed by atoms with Crippen molar-refractivity contribution < 1.29 is 0 Å². The van der Waals surface area contributed by atoms with Gasteiger partial charge in [-0.05, 0) is 156 Å². The van der Waals surface area contributed by atoms with Gasteiger partial charge in [-0.1, -0.05) is 202 Å². The molecule has 0 bridgehead atoms. The number of benzene rings is 7. The van der Waals surface area contributed by atoms with Crippen LogP contribution in [0.1, 0.15) is 85.9 Å². The van der Waals surface area contributed by atoms with Crippen molar-refractivity contribution in [2.24, 2.45) is 4.99 Å². The lowest BCUT2D eigenvalue weighted by atomic mass is 9.84. The van der Waals surface area contributed by atoms with Crippen LogP contribution in [0, 0.1) is 20.8 Å². The topological polar surface area (TPSA) is 12.4 Å². The molecule has 0 N–H and O–H groups in total. The zero-order chi connectivity index (χ0) is 44.0. The fourth-order valence-electron chi connectivity index (χ4n) is 8.01. The van der Waals surface area contributed by atoms with Crippen LogP contribution in [0.2, 0.25) is 0 Å². The number of hydrogen-bond donors (Lipinski definition) is 0. The Bertz CT molecular complexity index is 2740. The summed E-state index contributed by atoms with van der Waals surface area (Å²) in [5, 5.41) is 2.62. The molecule has 0 radical (unpaired) electrons. The van der Waals surface area contributed by atoms with Crippen LogP contribution in [0.5, 0.6) is 0 Å². The van der Waals surface area contributed by atoms with Crippen molar-refractivity contribution in [3.63, 3.8) is 0 Å². The SMILES string of the molecule is C=C(C)c1ccc(C)cc1.C=C(N=C(C)C1=CCCC=C1)c1ccccc1.CCC.Cc1ccccc1-c1c(C)ccc2cc(-c3ccc4c(c3)-c3ccccc3CC4)ccc12. The molecule has 0 saturated heterocycles. The Hall–Kier alpha value is -6.57. The van der Waals surface area contributed by atoms with Crippen molar-refractivity contribution in [3.8, 4) is 33.4 Å². The van der Waals surface area contributed by atoms with Gasteiger partial charge in [-0.2, -0.15) is 0 Å². The molecule has 0 fully saturated rings. The highest BCUT2D eigenvalue weighted by atomic mass is 14.8. The number of aryl methyl sites for hydroxylation is 5. The maximum Gasteiger partial charge on any atom is 0.0633 e. The van der Waals surface area contributed by atoms with E-state index in [1.807, 2.05) is 44.2 Å². The van der Waals surface area contributed by atoms with Crippen LogP contribution in [-0.2, 0) is 12.8 Å². The predicted molar refractivity (Wildman–Crippen MR) is 274 cm³/mol. The van der Waals surface area contributed by atoms with Gasteiger partial charge in [0.25, 0.3) is 0 Å². The lowest BCUT2D eigenvalue weighted by Gasteiger charge is -2.21. The molecule has 0 aromatic heterocycles. The molecule has 7 aromatic carbocycles. The molecular formula is C61H63N. The predicted octanol–water partition coefficient (Wildman–Crippen LogP) is 17.4. The minimum Gasteiger partial charge on any atom is -0.253 e. The zero-order valence-corrected chi connectivity index (χ0v) is 38.1. The first-order valence-electron chi connectivity index (χ1n) is 22.3. The Labute approximate surface area is 372 Å². The van der Waals surface area contributed by atoms with Crippen molar-refractivity contribution in [3.05, 3.63) is 228 Å². The van der Waals surface area contributed by atoms with Crippen molar-refractivity contribution >= 4 is 27.8 Å². The molecule has 2 aliphatic carbocycles. The standard InChI is InChI=1S/C32H26.C16H17N.C10H12.C3H8/c1-21-7-3-5-9-28(21)32-22(2)11-12-27-19-25(17-18-30(27)32)26-16-15-24-14-13-23-8-4-6-10-29(23)31(24)20-26;1-13(15-9-5-3-6-10-15)17-14(2)16-11-7-4-8-12-16;1-8(2)10-6-4-9(3)5-7-10;1-3-2/h3-12,15-20H,13-14H2,1-2H3;3,5-7,9-12H,1,4,8H2,2H3;4-7H,1H2,2-3H3;3H2,1-2H3. The maximum absolute atomic E-state index is 4.57. The molecule has 0 saturated carbocycles. The van der Waals surface area contributed by atoms with Crippen LogP contribution in [0.4, 0.5) is 0 Å². The third-order valence-corrected chi connectivity index (χ3v) is 11.4. The molecule has 9 rings (SSSR count).